The quantitative estimate of drug-likeness (QED) is 0.884. The van der Waals surface area contributed by atoms with Crippen molar-refractivity contribution in [1.82, 2.24) is 4.90 Å². The topological polar surface area (TPSA) is 72.6 Å². The van der Waals surface area contributed by atoms with Gasteiger partial charge in [0.25, 0.3) is 0 Å². The van der Waals surface area contributed by atoms with E-state index < -0.39 is 36.4 Å². The summed E-state index contributed by atoms with van der Waals surface area (Å²) in [5, 5.41) is 0. The third-order valence-electron chi connectivity index (χ3n) is 4.25. The molecule has 0 bridgehead atoms. The summed E-state index contributed by atoms with van der Waals surface area (Å²) in [6.07, 6.45) is -4.08. The number of benzene rings is 1. The fourth-order valence-electron chi connectivity index (χ4n) is 2.83. The summed E-state index contributed by atoms with van der Waals surface area (Å²) in [5.74, 6) is -4.02. The van der Waals surface area contributed by atoms with E-state index in [0.29, 0.717) is 12.2 Å². The normalized spacial score (nSPS) is 20.9. The van der Waals surface area contributed by atoms with Crippen molar-refractivity contribution >= 4 is 11.8 Å². The Kier molecular flexibility index (Phi) is 5.36. The average molecular weight is 344 g/mol. The van der Waals surface area contributed by atoms with Gasteiger partial charge in [-0.3, -0.25) is 9.59 Å². The van der Waals surface area contributed by atoms with Crippen LogP contribution in [0.2, 0.25) is 0 Å². The number of primary amides is 1. The lowest BCUT2D eigenvalue weighted by atomic mass is 9.95. The fraction of sp³-hybridized carbons (Fsp3) is 0.500. The third kappa shape index (κ3) is 4.18. The van der Waals surface area contributed by atoms with Gasteiger partial charge in [-0.2, -0.15) is 13.2 Å². The van der Waals surface area contributed by atoms with E-state index in [9.17, 15) is 22.8 Å². The van der Waals surface area contributed by atoms with Crippen molar-refractivity contribution in [2.45, 2.75) is 19.0 Å². The van der Waals surface area contributed by atoms with Crippen LogP contribution in [0.15, 0.2) is 24.3 Å². The SMILES string of the molecule is COc1ccc(CCC(=O)N2C[C@@H](C(F)(F)F)[C@H](C(N)=O)C2)cc1. The van der Waals surface area contributed by atoms with Crippen LogP contribution in [-0.2, 0) is 16.0 Å². The maximum Gasteiger partial charge on any atom is 0.394 e. The van der Waals surface area contributed by atoms with E-state index >= 15 is 0 Å². The van der Waals surface area contributed by atoms with Gasteiger partial charge in [-0.1, -0.05) is 12.1 Å². The molecule has 2 atom stereocenters. The van der Waals surface area contributed by atoms with Gasteiger partial charge in [0.2, 0.25) is 11.8 Å². The maximum atomic E-state index is 13.0. The number of alkyl halides is 3. The zero-order valence-electron chi connectivity index (χ0n) is 13.2. The Morgan fingerprint density at radius 1 is 1.25 bits per heavy atom. The number of methoxy groups -OCH3 is 1. The summed E-state index contributed by atoms with van der Waals surface area (Å²) in [4.78, 5) is 24.5. The van der Waals surface area contributed by atoms with E-state index in [-0.39, 0.29) is 13.0 Å². The van der Waals surface area contributed by atoms with Crippen molar-refractivity contribution < 1.29 is 27.5 Å². The number of carbonyl (C=O) groups excluding carboxylic acids is 2. The van der Waals surface area contributed by atoms with Crippen LogP contribution >= 0.6 is 0 Å². The zero-order valence-corrected chi connectivity index (χ0v) is 13.2. The summed E-state index contributed by atoms with van der Waals surface area (Å²) in [5.41, 5.74) is 5.93. The van der Waals surface area contributed by atoms with Crippen molar-refractivity contribution in [1.29, 1.82) is 0 Å². The highest BCUT2D eigenvalue weighted by atomic mass is 19.4. The Morgan fingerprint density at radius 3 is 2.33 bits per heavy atom. The van der Waals surface area contributed by atoms with E-state index in [4.69, 9.17) is 10.5 Å². The van der Waals surface area contributed by atoms with E-state index in [2.05, 4.69) is 0 Å². The Labute approximate surface area is 137 Å². The van der Waals surface area contributed by atoms with Crippen LogP contribution in [0.1, 0.15) is 12.0 Å². The molecule has 2 amide bonds. The van der Waals surface area contributed by atoms with Crippen molar-refractivity contribution in [3.05, 3.63) is 29.8 Å². The van der Waals surface area contributed by atoms with Gasteiger partial charge in [-0.15, -0.1) is 0 Å². The van der Waals surface area contributed by atoms with Crippen LogP contribution in [0.5, 0.6) is 5.75 Å². The molecule has 8 heteroatoms. The summed E-state index contributed by atoms with van der Waals surface area (Å²) in [7, 11) is 1.54. The molecule has 2 N–H and O–H groups in total. The van der Waals surface area contributed by atoms with E-state index in [1.165, 1.54) is 7.11 Å². The largest absolute Gasteiger partial charge is 0.497 e. The second-order valence-corrected chi connectivity index (χ2v) is 5.80. The predicted molar refractivity (Wildman–Crippen MR) is 80.1 cm³/mol. The van der Waals surface area contributed by atoms with Crippen LogP contribution in [-0.4, -0.2) is 43.1 Å². The molecule has 1 aliphatic heterocycles. The van der Waals surface area contributed by atoms with Gasteiger partial charge in [-0.05, 0) is 24.1 Å². The number of rotatable bonds is 5. The molecule has 24 heavy (non-hydrogen) atoms. The maximum absolute atomic E-state index is 13.0. The highest BCUT2D eigenvalue weighted by molar-refractivity contribution is 5.81. The summed E-state index contributed by atoms with van der Waals surface area (Å²) in [6, 6.07) is 7.08. The molecule has 1 heterocycles. The molecule has 132 valence electrons. The molecule has 0 aromatic heterocycles. The monoisotopic (exact) mass is 344 g/mol. The van der Waals surface area contributed by atoms with E-state index in [1.807, 2.05) is 0 Å². The molecule has 0 unspecified atom stereocenters. The number of hydrogen-bond acceptors (Lipinski definition) is 3. The molecule has 2 rings (SSSR count). The van der Waals surface area contributed by atoms with E-state index in [0.717, 1.165) is 10.5 Å². The van der Waals surface area contributed by atoms with E-state index in [1.54, 1.807) is 24.3 Å². The molecule has 1 aromatic carbocycles. The zero-order chi connectivity index (χ0) is 17.9. The number of aryl methyl sites for hydroxylation is 1. The Hall–Kier alpha value is -2.25. The number of halogens is 3. The van der Waals surface area contributed by atoms with Gasteiger partial charge < -0.3 is 15.4 Å². The van der Waals surface area contributed by atoms with Crippen molar-refractivity contribution in [2.75, 3.05) is 20.2 Å². The minimum absolute atomic E-state index is 0.0718. The Balaban J connectivity index is 1.96. The van der Waals surface area contributed by atoms with Gasteiger partial charge in [0.05, 0.1) is 18.9 Å². The number of carbonyl (C=O) groups is 2. The first-order valence-corrected chi connectivity index (χ1v) is 7.49. The first-order chi connectivity index (χ1) is 11.2. The number of ether oxygens (including phenoxy) is 1. The minimum Gasteiger partial charge on any atom is -0.497 e. The molecule has 1 aliphatic rings. The van der Waals surface area contributed by atoms with Crippen LogP contribution in [0.3, 0.4) is 0 Å². The van der Waals surface area contributed by atoms with Crippen molar-refractivity contribution in [3.8, 4) is 5.75 Å². The molecule has 0 radical (unpaired) electrons. The Bertz CT molecular complexity index is 602. The van der Waals surface area contributed by atoms with Gasteiger partial charge in [0.1, 0.15) is 5.75 Å². The van der Waals surface area contributed by atoms with Gasteiger partial charge in [-0.25, -0.2) is 0 Å². The number of amides is 2. The molecule has 5 nitrogen and oxygen atoms in total. The average Bonchev–Trinajstić information content (AvgIpc) is 2.99. The number of nitrogens with zero attached hydrogens (tertiary/aromatic N) is 1. The van der Waals surface area contributed by atoms with Crippen LogP contribution in [0, 0.1) is 11.8 Å². The number of likely N-dealkylation sites (tertiary alicyclic amines) is 1. The molecular weight excluding hydrogens is 325 g/mol. The van der Waals surface area contributed by atoms with Crippen molar-refractivity contribution in [2.24, 2.45) is 17.6 Å². The van der Waals surface area contributed by atoms with Gasteiger partial charge in [0.15, 0.2) is 0 Å². The lowest BCUT2D eigenvalue weighted by Crippen LogP contribution is -2.37. The predicted octanol–water partition coefficient (Wildman–Crippen LogP) is 1.75. The number of nitrogens with two attached hydrogens (primary N) is 1. The molecule has 0 aliphatic carbocycles. The number of hydrogen-bond donors (Lipinski definition) is 1. The Morgan fingerprint density at radius 2 is 1.88 bits per heavy atom. The smallest absolute Gasteiger partial charge is 0.394 e. The lowest BCUT2D eigenvalue weighted by molar-refractivity contribution is -0.182. The minimum atomic E-state index is -4.55. The van der Waals surface area contributed by atoms with Crippen LogP contribution in [0.4, 0.5) is 13.2 Å². The molecular formula is C16H19F3N2O3. The molecule has 1 saturated heterocycles. The van der Waals surface area contributed by atoms with Crippen molar-refractivity contribution in [3.63, 3.8) is 0 Å². The first-order valence-electron chi connectivity index (χ1n) is 7.49. The standard InChI is InChI=1S/C16H19F3N2O3/c1-24-11-5-2-10(3-6-11)4-7-14(22)21-8-12(15(20)23)13(9-21)16(17,18)19/h2-3,5-6,12-13H,4,7-9H2,1H3,(H2,20,23)/t12-,13-/m1/s1. The van der Waals surface area contributed by atoms with Gasteiger partial charge >= 0.3 is 6.18 Å². The molecule has 0 spiro atoms. The first kappa shape index (κ1) is 18.1. The molecule has 1 fully saturated rings. The summed E-state index contributed by atoms with van der Waals surface area (Å²) >= 11 is 0. The molecule has 1 aromatic rings. The fourth-order valence-corrected chi connectivity index (χ4v) is 2.83. The summed E-state index contributed by atoms with van der Waals surface area (Å²) in [6.45, 7) is -0.792. The third-order valence-corrected chi connectivity index (χ3v) is 4.25. The lowest BCUT2D eigenvalue weighted by Gasteiger charge is -2.18. The highest BCUT2D eigenvalue weighted by Gasteiger charge is 2.52. The highest BCUT2D eigenvalue weighted by Crippen LogP contribution is 2.37. The summed E-state index contributed by atoms with van der Waals surface area (Å²) < 4.78 is 43.9. The molecule has 0 saturated carbocycles. The van der Waals surface area contributed by atoms with Crippen LogP contribution in [0.25, 0.3) is 0 Å². The van der Waals surface area contributed by atoms with Crippen LogP contribution < -0.4 is 10.5 Å². The second-order valence-electron chi connectivity index (χ2n) is 5.80. The van der Waals surface area contributed by atoms with Gasteiger partial charge in [0, 0.05) is 19.5 Å². The second kappa shape index (κ2) is 7.11.